The predicted octanol–water partition coefficient (Wildman–Crippen LogP) is 4.10. The number of fused-ring (bicyclic) bond motifs is 1. The third-order valence-corrected chi connectivity index (χ3v) is 6.90. The molecule has 1 saturated carbocycles. The van der Waals surface area contributed by atoms with E-state index in [0.29, 0.717) is 31.0 Å². The highest BCUT2D eigenvalue weighted by molar-refractivity contribution is 5.97. The van der Waals surface area contributed by atoms with Crippen molar-refractivity contribution in [3.8, 4) is 5.69 Å². The van der Waals surface area contributed by atoms with Crippen LogP contribution in [-0.2, 0) is 4.74 Å². The van der Waals surface area contributed by atoms with E-state index in [2.05, 4.69) is 4.98 Å². The first-order valence-corrected chi connectivity index (χ1v) is 11.7. The molecule has 2 aromatic heterocycles. The van der Waals surface area contributed by atoms with E-state index in [-0.39, 0.29) is 23.9 Å². The van der Waals surface area contributed by atoms with Gasteiger partial charge in [0.25, 0.3) is 5.91 Å². The molecule has 1 aromatic carbocycles. The molecule has 13 heteroatoms. The standard InChI is InChI=1S/C25H22F6N4O3/c1-24(38-2)10-34(11-24)18-6-5-14-20(36)15(23(37)33-21(12-3-4-12)25(29,30)31)9-35(22(14)32-18)19-16(27)7-13(26)8-17(19)28/h5-9,12,21H,3-4,10-11H2,1-2H3,(H,33,37). The fourth-order valence-corrected chi connectivity index (χ4v) is 4.63. The normalized spacial score (nSPS) is 17.8. The summed E-state index contributed by atoms with van der Waals surface area (Å²) in [4.78, 5) is 32.3. The smallest absolute Gasteiger partial charge is 0.375 e. The summed E-state index contributed by atoms with van der Waals surface area (Å²) in [5.74, 6) is -5.80. The molecule has 1 saturated heterocycles. The van der Waals surface area contributed by atoms with E-state index in [9.17, 15) is 35.9 Å². The Balaban J connectivity index is 1.66. The van der Waals surface area contributed by atoms with Gasteiger partial charge < -0.3 is 15.0 Å². The zero-order valence-corrected chi connectivity index (χ0v) is 20.2. The van der Waals surface area contributed by atoms with Gasteiger partial charge in [-0.05, 0) is 37.8 Å². The predicted molar refractivity (Wildman–Crippen MR) is 125 cm³/mol. The Kier molecular flexibility index (Phi) is 6.16. The highest BCUT2D eigenvalue weighted by atomic mass is 19.4. The quantitative estimate of drug-likeness (QED) is 0.477. The maximum absolute atomic E-state index is 14.8. The molecule has 1 aliphatic heterocycles. The monoisotopic (exact) mass is 540 g/mol. The molecule has 3 aromatic rings. The number of carbonyl (C=O) groups excluding carboxylic acids is 1. The first-order valence-electron chi connectivity index (χ1n) is 11.7. The number of amides is 1. The lowest BCUT2D eigenvalue weighted by Gasteiger charge is -2.47. The van der Waals surface area contributed by atoms with Crippen molar-refractivity contribution in [2.24, 2.45) is 5.92 Å². The lowest BCUT2D eigenvalue weighted by Crippen LogP contribution is -2.61. The number of halogens is 6. The summed E-state index contributed by atoms with van der Waals surface area (Å²) in [7, 11) is 1.54. The van der Waals surface area contributed by atoms with Crippen LogP contribution in [0.5, 0.6) is 0 Å². The van der Waals surface area contributed by atoms with Crippen LogP contribution in [0.3, 0.4) is 0 Å². The van der Waals surface area contributed by atoms with Crippen molar-refractivity contribution in [3.05, 3.63) is 63.7 Å². The van der Waals surface area contributed by atoms with Crippen LogP contribution in [0.4, 0.5) is 32.2 Å². The van der Waals surface area contributed by atoms with Crippen LogP contribution >= 0.6 is 0 Å². The molecule has 0 bridgehead atoms. The van der Waals surface area contributed by atoms with Crippen LogP contribution in [0.2, 0.25) is 0 Å². The number of pyridine rings is 2. The van der Waals surface area contributed by atoms with Crippen molar-refractivity contribution in [3.63, 3.8) is 0 Å². The molecule has 7 nitrogen and oxygen atoms in total. The molecule has 2 aliphatic rings. The second-order valence-corrected chi connectivity index (χ2v) is 9.84. The number of rotatable bonds is 6. The molecule has 5 rings (SSSR count). The van der Waals surface area contributed by atoms with Gasteiger partial charge in [-0.15, -0.1) is 0 Å². The number of anilines is 1. The van der Waals surface area contributed by atoms with Gasteiger partial charge in [0.05, 0.1) is 11.0 Å². The first kappa shape index (κ1) is 26.0. The molecule has 1 amide bonds. The van der Waals surface area contributed by atoms with E-state index >= 15 is 0 Å². The average Bonchev–Trinajstić information content (AvgIpc) is 3.65. The van der Waals surface area contributed by atoms with E-state index < -0.39 is 63.8 Å². The fourth-order valence-electron chi connectivity index (χ4n) is 4.63. The fraction of sp³-hybridized carbons (Fsp3) is 0.400. The summed E-state index contributed by atoms with van der Waals surface area (Å²) in [5.41, 5.74) is -3.33. The first-order chi connectivity index (χ1) is 17.8. The van der Waals surface area contributed by atoms with Gasteiger partial charge in [-0.2, -0.15) is 13.2 Å². The Bertz CT molecular complexity index is 1470. The summed E-state index contributed by atoms with van der Waals surface area (Å²) < 4.78 is 90.0. The molecule has 0 spiro atoms. The molecule has 38 heavy (non-hydrogen) atoms. The molecule has 2 fully saturated rings. The number of carbonyl (C=O) groups is 1. The number of hydrogen-bond donors (Lipinski definition) is 1. The second-order valence-electron chi connectivity index (χ2n) is 9.84. The van der Waals surface area contributed by atoms with Crippen molar-refractivity contribution in [2.45, 2.75) is 37.6 Å². The molecule has 202 valence electrons. The minimum atomic E-state index is -4.76. The van der Waals surface area contributed by atoms with Gasteiger partial charge in [-0.1, -0.05) is 0 Å². The molecule has 1 unspecified atom stereocenters. The topological polar surface area (TPSA) is 76.5 Å². The van der Waals surface area contributed by atoms with Gasteiger partial charge in [0, 0.05) is 38.5 Å². The Hall–Kier alpha value is -3.61. The average molecular weight is 540 g/mol. The number of ether oxygens (including phenoxy) is 1. The zero-order chi connectivity index (χ0) is 27.6. The summed E-state index contributed by atoms with van der Waals surface area (Å²) in [5, 5.41) is 1.58. The molecular weight excluding hydrogens is 518 g/mol. The molecule has 3 heterocycles. The highest BCUT2D eigenvalue weighted by Crippen LogP contribution is 2.40. The minimum absolute atomic E-state index is 0.254. The molecule has 0 radical (unpaired) electrons. The Morgan fingerprint density at radius 1 is 1.16 bits per heavy atom. The van der Waals surface area contributed by atoms with E-state index in [0.717, 1.165) is 10.8 Å². The summed E-state index contributed by atoms with van der Waals surface area (Å²) in [6.07, 6.45) is -3.52. The van der Waals surface area contributed by atoms with Crippen LogP contribution < -0.4 is 15.6 Å². The van der Waals surface area contributed by atoms with Gasteiger partial charge in [-0.3, -0.25) is 14.2 Å². The van der Waals surface area contributed by atoms with Crippen molar-refractivity contribution in [2.75, 3.05) is 25.1 Å². The minimum Gasteiger partial charge on any atom is -0.375 e. The second kappa shape index (κ2) is 9.00. The third-order valence-electron chi connectivity index (χ3n) is 6.90. The van der Waals surface area contributed by atoms with Gasteiger partial charge in [0.1, 0.15) is 28.9 Å². The number of benzene rings is 1. The third kappa shape index (κ3) is 4.59. The van der Waals surface area contributed by atoms with Crippen LogP contribution in [-0.4, -0.2) is 53.5 Å². The van der Waals surface area contributed by atoms with Gasteiger partial charge in [0.15, 0.2) is 17.3 Å². The van der Waals surface area contributed by atoms with Crippen LogP contribution in [0.15, 0.2) is 35.3 Å². The van der Waals surface area contributed by atoms with Crippen molar-refractivity contribution >= 4 is 22.8 Å². The van der Waals surface area contributed by atoms with E-state index in [1.165, 1.54) is 12.1 Å². The summed E-state index contributed by atoms with van der Waals surface area (Å²) >= 11 is 0. The highest BCUT2D eigenvalue weighted by Gasteiger charge is 2.50. The zero-order valence-electron chi connectivity index (χ0n) is 20.2. The Morgan fingerprint density at radius 2 is 1.79 bits per heavy atom. The molecule has 1 aliphatic carbocycles. The van der Waals surface area contributed by atoms with Gasteiger partial charge >= 0.3 is 6.18 Å². The SMILES string of the molecule is COC1(C)CN(c2ccc3c(=O)c(C(=O)NC(C4CC4)C(F)(F)F)cn(-c4c(F)cc(F)cc4F)c3n2)C1. The Morgan fingerprint density at radius 3 is 2.34 bits per heavy atom. The maximum Gasteiger partial charge on any atom is 0.408 e. The summed E-state index contributed by atoms with van der Waals surface area (Å²) in [6, 6.07) is 1.35. The van der Waals surface area contributed by atoms with E-state index in [1.807, 2.05) is 12.2 Å². The number of aromatic nitrogens is 2. The molecule has 1 atom stereocenters. The summed E-state index contributed by atoms with van der Waals surface area (Å²) in [6.45, 7) is 2.71. The number of methoxy groups -OCH3 is 1. The molecule has 1 N–H and O–H groups in total. The lowest BCUT2D eigenvalue weighted by molar-refractivity contribution is -0.158. The van der Waals surface area contributed by atoms with Crippen LogP contribution in [0, 0.1) is 23.4 Å². The van der Waals surface area contributed by atoms with Gasteiger partial charge in [-0.25, -0.2) is 18.2 Å². The largest absolute Gasteiger partial charge is 0.408 e. The number of nitrogens with zero attached hydrogens (tertiary/aromatic N) is 3. The van der Waals surface area contributed by atoms with Crippen molar-refractivity contribution in [1.29, 1.82) is 0 Å². The van der Waals surface area contributed by atoms with E-state index in [1.54, 1.807) is 12.0 Å². The van der Waals surface area contributed by atoms with Crippen molar-refractivity contribution < 1.29 is 35.9 Å². The van der Waals surface area contributed by atoms with Crippen molar-refractivity contribution in [1.82, 2.24) is 14.9 Å². The maximum atomic E-state index is 14.8. The van der Waals surface area contributed by atoms with Crippen LogP contribution in [0.1, 0.15) is 30.1 Å². The van der Waals surface area contributed by atoms with Crippen LogP contribution in [0.25, 0.3) is 16.7 Å². The van der Waals surface area contributed by atoms with Gasteiger partial charge in [0.2, 0.25) is 5.43 Å². The Labute approximate surface area is 212 Å². The number of nitrogens with one attached hydrogen (secondary N) is 1. The molecular formula is C25H22F6N4O3. The number of alkyl halides is 3. The van der Waals surface area contributed by atoms with E-state index in [4.69, 9.17) is 4.74 Å². The number of hydrogen-bond acceptors (Lipinski definition) is 5. The lowest BCUT2D eigenvalue weighted by atomic mass is 9.96.